The molecule has 186 valence electrons. The summed E-state index contributed by atoms with van der Waals surface area (Å²) in [6.07, 6.45) is 6.19. The third kappa shape index (κ3) is 8.36. The zero-order valence-corrected chi connectivity index (χ0v) is 20.5. The number of aliphatic imine (C=N–C) groups is 1. The van der Waals surface area contributed by atoms with Crippen LogP contribution >= 0.6 is 11.6 Å². The van der Waals surface area contributed by atoms with Crippen LogP contribution in [0.25, 0.3) is 0 Å². The first kappa shape index (κ1) is 26.2. The summed E-state index contributed by atoms with van der Waals surface area (Å²) in [5, 5.41) is 9.02. The molecule has 0 spiro atoms. The zero-order valence-electron chi connectivity index (χ0n) is 19.7. The van der Waals surface area contributed by atoms with E-state index in [2.05, 4.69) is 25.9 Å². The lowest BCUT2D eigenvalue weighted by molar-refractivity contribution is -0.143. The van der Waals surface area contributed by atoms with Crippen LogP contribution in [0.5, 0.6) is 0 Å². The predicted octanol–water partition coefficient (Wildman–Crippen LogP) is 3.98. The first-order chi connectivity index (χ1) is 17.0. The van der Waals surface area contributed by atoms with Gasteiger partial charge >= 0.3 is 5.97 Å². The lowest BCUT2D eigenvalue weighted by atomic mass is 10.1. The second-order valence-electron chi connectivity index (χ2n) is 8.01. The van der Waals surface area contributed by atoms with E-state index in [1.807, 2.05) is 0 Å². The van der Waals surface area contributed by atoms with Crippen LogP contribution in [0.15, 0.2) is 41.5 Å². The van der Waals surface area contributed by atoms with Gasteiger partial charge in [-0.3, -0.25) is 19.4 Å². The van der Waals surface area contributed by atoms with E-state index in [0.717, 1.165) is 38.1 Å². The summed E-state index contributed by atoms with van der Waals surface area (Å²) >= 11 is 6.31. The van der Waals surface area contributed by atoms with E-state index in [9.17, 15) is 14.4 Å². The number of amides is 2. The quantitative estimate of drug-likeness (QED) is 0.448. The fourth-order valence-corrected chi connectivity index (χ4v) is 3.72. The maximum Gasteiger partial charge on any atom is 0.306 e. The van der Waals surface area contributed by atoms with E-state index in [1.54, 1.807) is 43.5 Å². The third-order valence-corrected chi connectivity index (χ3v) is 5.67. The van der Waals surface area contributed by atoms with Crippen LogP contribution in [-0.4, -0.2) is 48.3 Å². The van der Waals surface area contributed by atoms with Gasteiger partial charge in [-0.1, -0.05) is 24.1 Å². The lowest BCUT2D eigenvalue weighted by Gasteiger charge is -2.13. The van der Waals surface area contributed by atoms with E-state index in [-0.39, 0.29) is 18.9 Å². The normalized spacial score (nSPS) is 13.3. The number of hydrogen-bond donors (Lipinski definition) is 3. The number of hydrogen-bond acceptors (Lipinski definition) is 7. The van der Waals surface area contributed by atoms with Gasteiger partial charge in [-0.05, 0) is 56.0 Å². The molecule has 1 aliphatic heterocycles. The van der Waals surface area contributed by atoms with Crippen molar-refractivity contribution in [3.05, 3.63) is 52.7 Å². The molecule has 0 saturated carbocycles. The van der Waals surface area contributed by atoms with Crippen LogP contribution in [-0.2, 0) is 20.7 Å². The summed E-state index contributed by atoms with van der Waals surface area (Å²) in [6.45, 7) is 2.59. The Kier molecular flexibility index (Phi) is 10.0. The molecular weight excluding hydrogens is 470 g/mol. The summed E-state index contributed by atoms with van der Waals surface area (Å²) in [4.78, 5) is 45.5. The Morgan fingerprint density at radius 2 is 2.00 bits per heavy atom. The maximum absolute atomic E-state index is 12.7. The Morgan fingerprint density at radius 3 is 2.83 bits per heavy atom. The van der Waals surface area contributed by atoms with Crippen LogP contribution in [0.1, 0.15) is 54.9 Å². The third-order valence-electron chi connectivity index (χ3n) is 5.34. The number of carbonyl (C=O) groups is 3. The van der Waals surface area contributed by atoms with Crippen LogP contribution in [0.3, 0.4) is 0 Å². The maximum atomic E-state index is 12.7. The highest BCUT2D eigenvalue weighted by atomic mass is 35.5. The first-order valence-corrected chi connectivity index (χ1v) is 12.1. The minimum atomic E-state index is -0.436. The van der Waals surface area contributed by atoms with Crippen LogP contribution in [0.2, 0.25) is 5.02 Å². The zero-order chi connectivity index (χ0) is 25.0. The summed E-state index contributed by atoms with van der Waals surface area (Å²) in [5.41, 5.74) is 1.67. The molecule has 2 heterocycles. The van der Waals surface area contributed by atoms with Crippen molar-refractivity contribution in [1.82, 2.24) is 10.3 Å². The average molecular weight is 500 g/mol. The molecule has 0 fully saturated rings. The number of nitrogens with one attached hydrogen (secondary N) is 3. The molecule has 0 bridgehead atoms. The molecular formula is C25H30ClN5O4. The second-order valence-corrected chi connectivity index (χ2v) is 8.41. The van der Waals surface area contributed by atoms with Crippen LogP contribution in [0, 0.1) is 0 Å². The standard InChI is InChI=1S/C25H30ClN5O4/c1-2-35-23(33)12-10-17-7-6-14-28-24(17)31-22(32)16-29-25(34)18-9-11-19(26)20(15-18)30-21-8-4-3-5-13-27-21/h6-7,9,11,14-15H,2-5,8,10,12-13,16H2,1H3,(H,27,30)(H,29,34)(H,28,31,32). The Labute approximate surface area is 209 Å². The van der Waals surface area contributed by atoms with Gasteiger partial charge in [0.15, 0.2) is 0 Å². The number of rotatable bonds is 9. The molecule has 0 saturated heterocycles. The molecule has 0 atom stereocenters. The van der Waals surface area contributed by atoms with Gasteiger partial charge in [-0.2, -0.15) is 0 Å². The average Bonchev–Trinajstić information content (AvgIpc) is 3.12. The van der Waals surface area contributed by atoms with Crippen molar-refractivity contribution in [3.63, 3.8) is 0 Å². The summed E-state index contributed by atoms with van der Waals surface area (Å²) in [6, 6.07) is 8.39. The van der Waals surface area contributed by atoms with E-state index in [1.165, 1.54) is 0 Å². The molecule has 35 heavy (non-hydrogen) atoms. The van der Waals surface area contributed by atoms with E-state index in [4.69, 9.17) is 16.3 Å². The Bertz CT molecular complexity index is 1090. The number of nitrogens with zero attached hydrogens (tertiary/aromatic N) is 2. The predicted molar refractivity (Wildman–Crippen MR) is 136 cm³/mol. The molecule has 3 rings (SSSR count). The highest BCUT2D eigenvalue weighted by Gasteiger charge is 2.14. The number of aryl methyl sites for hydroxylation is 1. The van der Waals surface area contributed by atoms with Gasteiger partial charge < -0.3 is 20.7 Å². The monoisotopic (exact) mass is 499 g/mol. The van der Waals surface area contributed by atoms with Gasteiger partial charge in [-0.15, -0.1) is 0 Å². The van der Waals surface area contributed by atoms with Crippen molar-refractivity contribution in [2.24, 2.45) is 4.99 Å². The molecule has 1 aromatic heterocycles. The molecule has 3 N–H and O–H groups in total. The largest absolute Gasteiger partial charge is 0.466 e. The number of aromatic nitrogens is 1. The number of halogens is 1. The minimum absolute atomic E-state index is 0.179. The summed E-state index contributed by atoms with van der Waals surface area (Å²) in [5.74, 6) is 0.0401. The number of benzene rings is 1. The van der Waals surface area contributed by atoms with Gasteiger partial charge in [0, 0.05) is 31.1 Å². The van der Waals surface area contributed by atoms with Gasteiger partial charge in [-0.25, -0.2) is 4.98 Å². The number of esters is 1. The van der Waals surface area contributed by atoms with Crippen molar-refractivity contribution in [2.75, 3.05) is 30.3 Å². The fraction of sp³-hybridized carbons (Fsp3) is 0.400. The van der Waals surface area contributed by atoms with Crippen molar-refractivity contribution >= 4 is 46.7 Å². The van der Waals surface area contributed by atoms with Crippen LogP contribution in [0.4, 0.5) is 11.5 Å². The molecule has 2 aromatic rings. The lowest BCUT2D eigenvalue weighted by Crippen LogP contribution is -2.33. The van der Waals surface area contributed by atoms with Gasteiger partial charge in [0.25, 0.3) is 5.91 Å². The summed E-state index contributed by atoms with van der Waals surface area (Å²) < 4.78 is 4.94. The molecule has 0 aliphatic carbocycles. The minimum Gasteiger partial charge on any atom is -0.466 e. The van der Waals surface area contributed by atoms with Crippen molar-refractivity contribution in [3.8, 4) is 0 Å². The smallest absolute Gasteiger partial charge is 0.306 e. The van der Waals surface area contributed by atoms with Crippen LogP contribution < -0.4 is 16.0 Å². The molecule has 0 unspecified atom stereocenters. The number of ether oxygens (including phenoxy) is 1. The van der Waals surface area contributed by atoms with Gasteiger partial charge in [0.2, 0.25) is 5.91 Å². The molecule has 1 aliphatic rings. The topological polar surface area (TPSA) is 122 Å². The van der Waals surface area contributed by atoms with E-state index in [0.29, 0.717) is 40.7 Å². The SMILES string of the molecule is CCOC(=O)CCc1cccnc1NC(=O)CNC(=O)c1ccc(Cl)c(NC2=NCCCCC2)c1. The van der Waals surface area contributed by atoms with Crippen molar-refractivity contribution < 1.29 is 19.1 Å². The van der Waals surface area contributed by atoms with Crippen molar-refractivity contribution in [2.45, 2.75) is 45.4 Å². The number of pyridine rings is 1. The first-order valence-electron chi connectivity index (χ1n) is 11.7. The highest BCUT2D eigenvalue weighted by molar-refractivity contribution is 6.34. The number of carbonyl (C=O) groups excluding carboxylic acids is 3. The summed E-state index contributed by atoms with van der Waals surface area (Å²) in [7, 11) is 0. The van der Waals surface area contributed by atoms with Crippen molar-refractivity contribution in [1.29, 1.82) is 0 Å². The molecule has 2 amide bonds. The number of amidine groups is 1. The van der Waals surface area contributed by atoms with Gasteiger partial charge in [0.1, 0.15) is 11.7 Å². The van der Waals surface area contributed by atoms with Gasteiger partial charge in [0.05, 0.1) is 23.9 Å². The fourth-order valence-electron chi connectivity index (χ4n) is 3.56. The molecule has 1 aromatic carbocycles. The highest BCUT2D eigenvalue weighted by Crippen LogP contribution is 2.24. The Morgan fingerprint density at radius 1 is 1.14 bits per heavy atom. The number of anilines is 2. The van der Waals surface area contributed by atoms with E-state index < -0.39 is 11.8 Å². The Hall–Kier alpha value is -3.46. The Balaban J connectivity index is 1.56. The molecule has 10 heteroatoms. The van der Waals surface area contributed by atoms with E-state index >= 15 is 0 Å². The molecule has 9 nitrogen and oxygen atoms in total. The molecule has 0 radical (unpaired) electrons. The second kappa shape index (κ2) is 13.4.